The lowest BCUT2D eigenvalue weighted by molar-refractivity contribution is -0.870. The molecule has 0 amide bonds. The van der Waals surface area contributed by atoms with Crippen LogP contribution in [-0.2, 0) is 33.3 Å². The molecule has 0 fully saturated rings. The van der Waals surface area contributed by atoms with Crippen molar-refractivity contribution < 1.29 is 42.9 Å². The zero-order valence-corrected chi connectivity index (χ0v) is 53.0. The highest BCUT2D eigenvalue weighted by atomic mass is 16.7. The SMILES string of the molecule is CC/C=C\C/C=C\C/C=C\C/C=C\C/C=C\C/C=C\C/C=C\C/C=C\CCCCC(=O)OC(COC(=O)CCCCCCCCCCCCCC/C=C\C/C=C\C/C=C\C/C=C\C/C=C\C/C=C\CC)COC(OCC[N+](C)(C)C)C(=O)[O-]. The summed E-state index contributed by atoms with van der Waals surface area (Å²) in [6.07, 6.45) is 91.3. The zero-order chi connectivity index (χ0) is 60.5. The number of hydrogen-bond donors (Lipinski definition) is 0. The summed E-state index contributed by atoms with van der Waals surface area (Å²) in [6, 6.07) is 0. The fourth-order valence-corrected chi connectivity index (χ4v) is 8.08. The summed E-state index contributed by atoms with van der Waals surface area (Å²) < 4.78 is 22.7. The Balaban J connectivity index is 4.30. The summed E-state index contributed by atoms with van der Waals surface area (Å²) in [7, 11) is 5.90. The second-order valence-electron chi connectivity index (χ2n) is 21.9. The average Bonchev–Trinajstić information content (AvgIpc) is 3.46. The van der Waals surface area contributed by atoms with E-state index in [0.29, 0.717) is 17.4 Å². The average molecular weight is 1150 g/mol. The van der Waals surface area contributed by atoms with Crippen LogP contribution in [0.1, 0.15) is 219 Å². The molecule has 466 valence electrons. The fraction of sp³-hybridized carbons (Fsp3) is 0.581. The van der Waals surface area contributed by atoms with Gasteiger partial charge in [0.05, 0.1) is 40.3 Å². The number of allylic oxidation sites excluding steroid dienone is 28. The molecule has 0 saturated heterocycles. The molecule has 0 aliphatic heterocycles. The number of quaternary nitrogens is 1. The van der Waals surface area contributed by atoms with Crippen LogP contribution in [0.5, 0.6) is 0 Å². The molecule has 0 aromatic carbocycles. The number of ether oxygens (including phenoxy) is 4. The van der Waals surface area contributed by atoms with Gasteiger partial charge in [-0.15, -0.1) is 0 Å². The third kappa shape index (κ3) is 64.1. The van der Waals surface area contributed by atoms with E-state index in [4.69, 9.17) is 18.9 Å². The van der Waals surface area contributed by atoms with Gasteiger partial charge in [-0.1, -0.05) is 248 Å². The van der Waals surface area contributed by atoms with Crippen LogP contribution in [0.15, 0.2) is 170 Å². The highest BCUT2D eigenvalue weighted by molar-refractivity contribution is 5.70. The van der Waals surface area contributed by atoms with Crippen molar-refractivity contribution in [2.75, 3.05) is 47.5 Å². The number of carbonyl (C=O) groups excluding carboxylic acids is 3. The predicted molar refractivity (Wildman–Crippen MR) is 351 cm³/mol. The third-order valence-electron chi connectivity index (χ3n) is 13.0. The van der Waals surface area contributed by atoms with Crippen LogP contribution in [0, 0.1) is 0 Å². The van der Waals surface area contributed by atoms with E-state index >= 15 is 0 Å². The van der Waals surface area contributed by atoms with E-state index in [2.05, 4.69) is 184 Å². The zero-order valence-electron chi connectivity index (χ0n) is 53.0. The Morgan fingerprint density at radius 1 is 0.361 bits per heavy atom. The maximum absolute atomic E-state index is 12.9. The van der Waals surface area contributed by atoms with Crippen molar-refractivity contribution in [3.8, 4) is 0 Å². The first-order chi connectivity index (χ1) is 40.6. The lowest BCUT2D eigenvalue weighted by Gasteiger charge is -2.26. The molecule has 0 rings (SSSR count). The minimum absolute atomic E-state index is 0.129. The molecule has 0 aromatic heterocycles. The van der Waals surface area contributed by atoms with Gasteiger partial charge in [0.25, 0.3) is 0 Å². The van der Waals surface area contributed by atoms with Gasteiger partial charge in [0.1, 0.15) is 13.2 Å². The van der Waals surface area contributed by atoms with Crippen molar-refractivity contribution >= 4 is 17.9 Å². The van der Waals surface area contributed by atoms with Crippen molar-refractivity contribution in [2.24, 2.45) is 0 Å². The van der Waals surface area contributed by atoms with Crippen LogP contribution >= 0.6 is 0 Å². The van der Waals surface area contributed by atoms with Crippen molar-refractivity contribution in [1.29, 1.82) is 0 Å². The summed E-state index contributed by atoms with van der Waals surface area (Å²) in [5, 5.41) is 11.8. The van der Waals surface area contributed by atoms with E-state index in [1.54, 1.807) is 0 Å². The van der Waals surface area contributed by atoms with E-state index in [1.807, 2.05) is 21.1 Å². The van der Waals surface area contributed by atoms with Gasteiger partial charge in [-0.25, -0.2) is 0 Å². The molecule has 0 heterocycles. The second kappa shape index (κ2) is 62.7. The Hall–Kier alpha value is -5.35. The van der Waals surface area contributed by atoms with Gasteiger partial charge in [0.2, 0.25) is 0 Å². The van der Waals surface area contributed by atoms with Crippen LogP contribution < -0.4 is 5.11 Å². The Bertz CT molecular complexity index is 1960. The minimum atomic E-state index is -1.65. The van der Waals surface area contributed by atoms with Crippen molar-refractivity contribution in [2.45, 2.75) is 232 Å². The molecular weight excluding hydrogens is 1030 g/mol. The van der Waals surface area contributed by atoms with Crippen LogP contribution in [0.25, 0.3) is 0 Å². The number of carbonyl (C=O) groups is 3. The van der Waals surface area contributed by atoms with Gasteiger partial charge in [-0.2, -0.15) is 0 Å². The monoisotopic (exact) mass is 1150 g/mol. The maximum Gasteiger partial charge on any atom is 0.306 e. The molecule has 0 aliphatic carbocycles. The number of unbranched alkanes of at least 4 members (excludes halogenated alkanes) is 14. The number of nitrogens with zero attached hydrogens (tertiary/aromatic N) is 1. The predicted octanol–water partition coefficient (Wildman–Crippen LogP) is 18.6. The molecule has 0 bridgehead atoms. The van der Waals surface area contributed by atoms with Gasteiger partial charge >= 0.3 is 11.9 Å². The quantitative estimate of drug-likeness (QED) is 0.0195. The Labute approximate surface area is 507 Å². The summed E-state index contributed by atoms with van der Waals surface area (Å²) in [5.74, 6) is -2.37. The van der Waals surface area contributed by atoms with E-state index in [9.17, 15) is 19.5 Å². The van der Waals surface area contributed by atoms with Crippen LogP contribution in [0.2, 0.25) is 0 Å². The molecule has 0 aliphatic rings. The molecule has 0 spiro atoms. The molecule has 0 radical (unpaired) electrons. The van der Waals surface area contributed by atoms with Crippen LogP contribution in [0.4, 0.5) is 0 Å². The normalized spacial score (nSPS) is 13.9. The third-order valence-corrected chi connectivity index (χ3v) is 13.0. The number of esters is 2. The first kappa shape index (κ1) is 77.7. The van der Waals surface area contributed by atoms with E-state index in [0.717, 1.165) is 128 Å². The molecule has 9 nitrogen and oxygen atoms in total. The standard InChI is InChI=1S/C74H117NO8/c1-6-8-10-12-14-16-18-20-22-24-26-28-30-32-34-35-36-37-39-40-42-44-46-48-50-52-54-56-58-60-62-64-71(76)81-68-70(69-82-74(73(78)79)80-67-66-75(3,4)5)83-72(77)65-63-61-59-57-55-53-51-49-47-45-43-41-38-33-31-29-27-25-23-21-19-17-15-13-11-9-7-2/h8-11,14-17,20-23,26-29,32-34,36-38,43,45,49,51,55,57,70,74H,6-7,12-13,18-19,24-25,30-31,35,39-42,44,46-48,50,52-54,56,58-69H2,1-5H3/b10-8-,11-9-,16-14-,17-15-,22-20-,23-21-,28-26-,29-27-,34-32-,37-36-,38-33-,45-43-,51-49-,57-55-. The number of aliphatic carboxylic acids is 1. The highest BCUT2D eigenvalue weighted by Gasteiger charge is 2.22. The van der Waals surface area contributed by atoms with E-state index in [1.165, 1.54) is 57.8 Å². The minimum Gasteiger partial charge on any atom is -0.545 e. The summed E-state index contributed by atoms with van der Waals surface area (Å²) in [6.45, 7) is 4.44. The first-order valence-electron chi connectivity index (χ1n) is 32.3. The van der Waals surface area contributed by atoms with Crippen molar-refractivity contribution in [1.82, 2.24) is 0 Å². The Morgan fingerprint density at radius 3 is 0.988 bits per heavy atom. The Kier molecular flexibility index (Phi) is 58.6. The van der Waals surface area contributed by atoms with Gasteiger partial charge < -0.3 is 33.3 Å². The molecule has 9 heteroatoms. The van der Waals surface area contributed by atoms with Crippen LogP contribution in [0.3, 0.4) is 0 Å². The lowest BCUT2D eigenvalue weighted by Crippen LogP contribution is -2.44. The topological polar surface area (TPSA) is 111 Å². The molecule has 0 N–H and O–H groups in total. The highest BCUT2D eigenvalue weighted by Crippen LogP contribution is 2.15. The number of likely N-dealkylation sites (N-methyl/N-ethyl adjacent to an activating group) is 1. The number of carboxylic acid groups (broad SMARTS) is 1. The fourth-order valence-electron chi connectivity index (χ4n) is 8.08. The number of rotatable bonds is 57. The van der Waals surface area contributed by atoms with E-state index in [-0.39, 0.29) is 38.6 Å². The number of hydrogen-bond acceptors (Lipinski definition) is 8. The van der Waals surface area contributed by atoms with Crippen LogP contribution in [-0.4, -0.2) is 82.3 Å². The van der Waals surface area contributed by atoms with Gasteiger partial charge in [0, 0.05) is 12.8 Å². The lowest BCUT2D eigenvalue weighted by atomic mass is 10.0. The molecule has 0 saturated carbocycles. The summed E-state index contributed by atoms with van der Waals surface area (Å²) >= 11 is 0. The second-order valence-corrected chi connectivity index (χ2v) is 21.9. The molecule has 2 atom stereocenters. The molecule has 83 heavy (non-hydrogen) atoms. The van der Waals surface area contributed by atoms with Gasteiger partial charge in [-0.3, -0.25) is 9.59 Å². The first-order valence-corrected chi connectivity index (χ1v) is 32.3. The van der Waals surface area contributed by atoms with Crippen molar-refractivity contribution in [3.63, 3.8) is 0 Å². The van der Waals surface area contributed by atoms with Gasteiger partial charge in [-0.05, 0) is 128 Å². The number of carboxylic acids is 1. The van der Waals surface area contributed by atoms with E-state index < -0.39 is 24.3 Å². The summed E-state index contributed by atoms with van der Waals surface area (Å²) in [5.41, 5.74) is 0. The smallest absolute Gasteiger partial charge is 0.306 e. The molecule has 0 aromatic rings. The summed E-state index contributed by atoms with van der Waals surface area (Å²) in [4.78, 5) is 37.4. The largest absolute Gasteiger partial charge is 0.545 e. The Morgan fingerprint density at radius 2 is 0.651 bits per heavy atom. The molecule has 2 unspecified atom stereocenters. The van der Waals surface area contributed by atoms with Gasteiger partial charge in [0.15, 0.2) is 12.4 Å². The van der Waals surface area contributed by atoms with Crippen molar-refractivity contribution in [3.05, 3.63) is 170 Å². The maximum atomic E-state index is 12.9. The molecular formula is C74H117NO8.